The molecule has 0 aliphatic carbocycles. The first kappa shape index (κ1) is 13.9. The van der Waals surface area contributed by atoms with E-state index >= 15 is 0 Å². The SMILES string of the molecule is CC(=O)NC(CNC1CCOC(C)C1)C(=O)O. The van der Waals surface area contributed by atoms with E-state index in [-0.39, 0.29) is 24.6 Å². The van der Waals surface area contributed by atoms with Crippen LogP contribution in [-0.4, -0.2) is 48.3 Å². The topological polar surface area (TPSA) is 87.7 Å². The van der Waals surface area contributed by atoms with E-state index in [1.165, 1.54) is 6.92 Å². The van der Waals surface area contributed by atoms with Crippen molar-refractivity contribution >= 4 is 11.9 Å². The minimum atomic E-state index is -1.02. The van der Waals surface area contributed by atoms with Gasteiger partial charge in [0, 0.05) is 26.1 Å². The largest absolute Gasteiger partial charge is 0.480 e. The third-order valence-electron chi connectivity index (χ3n) is 2.77. The Labute approximate surface area is 101 Å². The first-order valence-corrected chi connectivity index (χ1v) is 5.84. The van der Waals surface area contributed by atoms with Crippen LogP contribution in [0.4, 0.5) is 0 Å². The van der Waals surface area contributed by atoms with Crippen molar-refractivity contribution in [3.05, 3.63) is 0 Å². The molecule has 0 spiro atoms. The fraction of sp³-hybridized carbons (Fsp3) is 0.818. The molecule has 1 aliphatic heterocycles. The van der Waals surface area contributed by atoms with E-state index in [0.29, 0.717) is 6.61 Å². The number of amides is 1. The summed E-state index contributed by atoms with van der Waals surface area (Å²) in [5.74, 6) is -1.35. The van der Waals surface area contributed by atoms with Gasteiger partial charge >= 0.3 is 5.97 Å². The summed E-state index contributed by atoms with van der Waals surface area (Å²) in [4.78, 5) is 21.7. The molecule has 17 heavy (non-hydrogen) atoms. The van der Waals surface area contributed by atoms with Crippen LogP contribution in [0.5, 0.6) is 0 Å². The minimum absolute atomic E-state index is 0.199. The zero-order valence-corrected chi connectivity index (χ0v) is 10.2. The number of carboxylic acid groups (broad SMARTS) is 1. The van der Waals surface area contributed by atoms with Crippen molar-refractivity contribution in [2.45, 2.75) is 44.9 Å². The van der Waals surface area contributed by atoms with Crippen LogP contribution in [0.3, 0.4) is 0 Å². The van der Waals surface area contributed by atoms with E-state index in [4.69, 9.17) is 9.84 Å². The van der Waals surface area contributed by atoms with Crippen LogP contribution in [0.25, 0.3) is 0 Å². The van der Waals surface area contributed by atoms with Crippen molar-refractivity contribution in [2.24, 2.45) is 0 Å². The van der Waals surface area contributed by atoms with Gasteiger partial charge in [0.05, 0.1) is 6.10 Å². The smallest absolute Gasteiger partial charge is 0.327 e. The fourth-order valence-electron chi connectivity index (χ4n) is 1.91. The molecule has 0 aromatic heterocycles. The van der Waals surface area contributed by atoms with Crippen LogP contribution < -0.4 is 10.6 Å². The van der Waals surface area contributed by atoms with Crippen LogP contribution in [0.15, 0.2) is 0 Å². The molecule has 3 atom stereocenters. The minimum Gasteiger partial charge on any atom is -0.480 e. The zero-order valence-electron chi connectivity index (χ0n) is 10.2. The number of hydrogen-bond acceptors (Lipinski definition) is 4. The van der Waals surface area contributed by atoms with Crippen LogP contribution in [0, 0.1) is 0 Å². The predicted molar refractivity (Wildman–Crippen MR) is 61.7 cm³/mol. The summed E-state index contributed by atoms with van der Waals surface area (Å²) in [7, 11) is 0. The summed E-state index contributed by atoms with van der Waals surface area (Å²) in [6, 6.07) is -0.611. The average Bonchev–Trinajstić information content (AvgIpc) is 2.23. The Morgan fingerprint density at radius 3 is 2.76 bits per heavy atom. The van der Waals surface area contributed by atoms with E-state index < -0.39 is 12.0 Å². The second-order valence-electron chi connectivity index (χ2n) is 4.40. The zero-order chi connectivity index (χ0) is 12.8. The Hall–Kier alpha value is -1.14. The molecule has 1 fully saturated rings. The fourth-order valence-corrected chi connectivity index (χ4v) is 1.91. The van der Waals surface area contributed by atoms with E-state index in [1.807, 2.05) is 6.92 Å². The first-order chi connectivity index (χ1) is 7.99. The van der Waals surface area contributed by atoms with Gasteiger partial charge in [0.25, 0.3) is 0 Å². The molecule has 3 unspecified atom stereocenters. The molecule has 6 heteroatoms. The Balaban J connectivity index is 2.35. The molecule has 0 aromatic rings. The van der Waals surface area contributed by atoms with Gasteiger partial charge in [-0.2, -0.15) is 0 Å². The molecule has 1 rings (SSSR count). The molecule has 0 saturated carbocycles. The van der Waals surface area contributed by atoms with Crippen molar-refractivity contribution < 1.29 is 19.4 Å². The van der Waals surface area contributed by atoms with Gasteiger partial charge in [-0.15, -0.1) is 0 Å². The van der Waals surface area contributed by atoms with Crippen LogP contribution in [-0.2, 0) is 14.3 Å². The number of carbonyl (C=O) groups is 2. The number of aliphatic carboxylic acids is 1. The Bertz CT molecular complexity index is 283. The number of rotatable bonds is 5. The maximum atomic E-state index is 10.9. The lowest BCUT2D eigenvalue weighted by molar-refractivity contribution is -0.141. The molecule has 1 aliphatic rings. The standard InChI is InChI=1S/C11H20N2O4/c1-7-5-9(3-4-17-7)12-6-10(11(15)16)13-8(2)14/h7,9-10,12H,3-6H2,1-2H3,(H,13,14)(H,15,16). The molecular weight excluding hydrogens is 224 g/mol. The Kier molecular flexibility index (Phi) is 5.37. The van der Waals surface area contributed by atoms with E-state index in [1.54, 1.807) is 0 Å². The second-order valence-corrected chi connectivity index (χ2v) is 4.40. The molecule has 0 bridgehead atoms. The van der Waals surface area contributed by atoms with Crippen LogP contribution >= 0.6 is 0 Å². The van der Waals surface area contributed by atoms with Gasteiger partial charge in [-0.25, -0.2) is 4.79 Å². The van der Waals surface area contributed by atoms with Gasteiger partial charge in [0.1, 0.15) is 6.04 Å². The molecule has 1 heterocycles. The van der Waals surface area contributed by atoms with Gasteiger partial charge in [-0.1, -0.05) is 0 Å². The predicted octanol–water partition coefficient (Wildman–Crippen LogP) is -0.267. The highest BCUT2D eigenvalue weighted by Crippen LogP contribution is 2.12. The third kappa shape index (κ3) is 5.14. The number of hydrogen-bond donors (Lipinski definition) is 3. The van der Waals surface area contributed by atoms with Gasteiger partial charge in [0.15, 0.2) is 0 Å². The van der Waals surface area contributed by atoms with Gasteiger partial charge < -0.3 is 20.5 Å². The first-order valence-electron chi connectivity index (χ1n) is 5.84. The van der Waals surface area contributed by atoms with E-state index in [0.717, 1.165) is 12.8 Å². The van der Waals surface area contributed by atoms with Crippen molar-refractivity contribution in [1.82, 2.24) is 10.6 Å². The molecule has 1 saturated heterocycles. The highest BCUT2D eigenvalue weighted by atomic mass is 16.5. The normalized spacial score (nSPS) is 26.2. The molecular formula is C11H20N2O4. The van der Waals surface area contributed by atoms with Gasteiger partial charge in [0.2, 0.25) is 5.91 Å². The highest BCUT2D eigenvalue weighted by molar-refractivity contribution is 5.82. The third-order valence-corrected chi connectivity index (χ3v) is 2.77. The molecule has 0 aromatic carbocycles. The van der Waals surface area contributed by atoms with Crippen molar-refractivity contribution in [3.63, 3.8) is 0 Å². The summed E-state index contributed by atoms with van der Waals surface area (Å²) >= 11 is 0. The number of ether oxygens (including phenoxy) is 1. The van der Waals surface area contributed by atoms with Crippen molar-refractivity contribution in [3.8, 4) is 0 Å². The average molecular weight is 244 g/mol. The molecule has 1 amide bonds. The van der Waals surface area contributed by atoms with Crippen LogP contribution in [0.2, 0.25) is 0 Å². The number of carbonyl (C=O) groups excluding carboxylic acids is 1. The maximum absolute atomic E-state index is 10.9. The highest BCUT2D eigenvalue weighted by Gasteiger charge is 2.23. The molecule has 0 radical (unpaired) electrons. The lowest BCUT2D eigenvalue weighted by Gasteiger charge is -2.29. The van der Waals surface area contributed by atoms with E-state index in [9.17, 15) is 9.59 Å². The summed E-state index contributed by atoms with van der Waals surface area (Å²) < 4.78 is 5.40. The van der Waals surface area contributed by atoms with Crippen LogP contribution in [0.1, 0.15) is 26.7 Å². The Morgan fingerprint density at radius 1 is 1.53 bits per heavy atom. The van der Waals surface area contributed by atoms with Gasteiger partial charge in [-0.3, -0.25) is 4.79 Å². The van der Waals surface area contributed by atoms with Crippen molar-refractivity contribution in [2.75, 3.05) is 13.2 Å². The lowest BCUT2D eigenvalue weighted by Crippen LogP contribution is -2.50. The van der Waals surface area contributed by atoms with Gasteiger partial charge in [-0.05, 0) is 19.8 Å². The summed E-state index contributed by atoms with van der Waals surface area (Å²) in [6.07, 6.45) is 1.94. The molecule has 3 N–H and O–H groups in total. The second kappa shape index (κ2) is 6.56. The number of carboxylic acids is 1. The quantitative estimate of drug-likeness (QED) is 0.620. The summed E-state index contributed by atoms with van der Waals surface area (Å²) in [5.41, 5.74) is 0. The molecule has 6 nitrogen and oxygen atoms in total. The molecule has 98 valence electrons. The van der Waals surface area contributed by atoms with E-state index in [2.05, 4.69) is 10.6 Å². The Morgan fingerprint density at radius 2 is 2.24 bits per heavy atom. The van der Waals surface area contributed by atoms with Crippen molar-refractivity contribution in [1.29, 1.82) is 0 Å². The lowest BCUT2D eigenvalue weighted by atomic mass is 10.0. The maximum Gasteiger partial charge on any atom is 0.327 e. The number of nitrogens with one attached hydrogen (secondary N) is 2. The summed E-state index contributed by atoms with van der Waals surface area (Å²) in [5, 5.41) is 14.5. The monoisotopic (exact) mass is 244 g/mol. The summed E-state index contributed by atoms with van der Waals surface area (Å²) in [6.45, 7) is 4.24.